The fourth-order valence-corrected chi connectivity index (χ4v) is 3.90. The van der Waals surface area contributed by atoms with Crippen molar-refractivity contribution in [2.75, 3.05) is 6.54 Å². The molecule has 1 aliphatic rings. The Morgan fingerprint density at radius 3 is 2.80 bits per heavy atom. The van der Waals surface area contributed by atoms with Gasteiger partial charge in [-0.25, -0.2) is 4.98 Å². The number of hydrogen-bond acceptors (Lipinski definition) is 3. The van der Waals surface area contributed by atoms with Crippen molar-refractivity contribution in [1.82, 2.24) is 14.5 Å². The van der Waals surface area contributed by atoms with Gasteiger partial charge in [-0.05, 0) is 30.7 Å². The number of fused-ring (bicyclic) bond motifs is 1. The molecular formula is C20H19N3OS. The topological polar surface area (TPSA) is 38.1 Å². The largest absolute Gasteiger partial charge is 0.348 e. The number of rotatable bonds is 3. The second kappa shape index (κ2) is 6.69. The quantitative estimate of drug-likeness (QED) is 0.673. The Balaban J connectivity index is 1.65. The summed E-state index contributed by atoms with van der Waals surface area (Å²) >= 11 is 1.59. The van der Waals surface area contributed by atoms with Crippen molar-refractivity contribution in [2.24, 2.45) is 0 Å². The van der Waals surface area contributed by atoms with E-state index in [2.05, 4.69) is 33.9 Å². The minimum Gasteiger partial charge on any atom is -0.348 e. The lowest BCUT2D eigenvalue weighted by Crippen LogP contribution is -2.41. The van der Waals surface area contributed by atoms with E-state index in [1.54, 1.807) is 17.4 Å². The lowest BCUT2D eigenvalue weighted by atomic mass is 10.00. The fraction of sp³-hybridized carbons (Fsp3) is 0.200. The average Bonchev–Trinajstić information content (AvgIpc) is 3.28. The molecular weight excluding hydrogens is 330 g/mol. The van der Waals surface area contributed by atoms with E-state index in [4.69, 9.17) is 0 Å². The van der Waals surface area contributed by atoms with Crippen LogP contribution in [-0.2, 0) is 11.3 Å². The van der Waals surface area contributed by atoms with E-state index < -0.39 is 0 Å². The van der Waals surface area contributed by atoms with Crippen molar-refractivity contribution in [3.63, 3.8) is 0 Å². The number of aryl methyl sites for hydroxylation is 1. The summed E-state index contributed by atoms with van der Waals surface area (Å²) in [7, 11) is 0. The number of carbonyl (C=O) groups excluding carboxylic acids is 1. The molecule has 0 spiro atoms. The molecule has 0 saturated carbocycles. The maximum absolute atomic E-state index is 12.9. The number of amides is 1. The predicted molar refractivity (Wildman–Crippen MR) is 100 cm³/mol. The third-order valence-corrected chi connectivity index (χ3v) is 5.26. The number of carbonyl (C=O) groups is 1. The van der Waals surface area contributed by atoms with Gasteiger partial charge in [0.05, 0.1) is 16.7 Å². The Kier molecular flexibility index (Phi) is 4.24. The van der Waals surface area contributed by atoms with E-state index in [1.807, 2.05) is 47.5 Å². The Hall–Kier alpha value is -2.66. The van der Waals surface area contributed by atoms with Crippen LogP contribution in [0.1, 0.15) is 28.0 Å². The number of benzene rings is 1. The van der Waals surface area contributed by atoms with Crippen molar-refractivity contribution in [1.29, 1.82) is 0 Å². The molecule has 1 atom stereocenters. The van der Waals surface area contributed by atoms with Crippen LogP contribution in [0.5, 0.6) is 0 Å². The van der Waals surface area contributed by atoms with Gasteiger partial charge >= 0.3 is 0 Å². The van der Waals surface area contributed by atoms with E-state index in [9.17, 15) is 4.79 Å². The van der Waals surface area contributed by atoms with Crippen molar-refractivity contribution in [2.45, 2.75) is 19.5 Å². The first-order valence-corrected chi connectivity index (χ1v) is 9.21. The second-order valence-corrected chi connectivity index (χ2v) is 7.16. The normalized spacial score (nSPS) is 17.0. The van der Waals surface area contributed by atoms with Crippen LogP contribution in [0.2, 0.25) is 0 Å². The van der Waals surface area contributed by atoms with E-state index in [-0.39, 0.29) is 11.9 Å². The van der Waals surface area contributed by atoms with Crippen LogP contribution in [0.25, 0.3) is 6.08 Å². The molecule has 0 fully saturated rings. The van der Waals surface area contributed by atoms with Gasteiger partial charge in [0, 0.05) is 36.4 Å². The van der Waals surface area contributed by atoms with Crippen LogP contribution in [0.4, 0.5) is 0 Å². The maximum Gasteiger partial charge on any atom is 0.247 e. The number of aromatic nitrogens is 2. The monoisotopic (exact) mass is 349 g/mol. The maximum atomic E-state index is 12.9. The van der Waals surface area contributed by atoms with Crippen molar-refractivity contribution < 1.29 is 4.79 Å². The fourth-order valence-electron chi connectivity index (χ4n) is 3.32. The van der Waals surface area contributed by atoms with Gasteiger partial charge in [-0.3, -0.25) is 4.79 Å². The molecule has 0 bridgehead atoms. The molecule has 4 nitrogen and oxygen atoms in total. The third-order valence-electron chi connectivity index (χ3n) is 4.47. The predicted octanol–water partition coefficient (Wildman–Crippen LogP) is 3.90. The summed E-state index contributed by atoms with van der Waals surface area (Å²) in [6.45, 7) is 3.48. The molecule has 0 saturated heterocycles. The second-order valence-electron chi connectivity index (χ2n) is 6.10. The smallest absolute Gasteiger partial charge is 0.247 e. The van der Waals surface area contributed by atoms with E-state index in [1.165, 1.54) is 0 Å². The van der Waals surface area contributed by atoms with Crippen molar-refractivity contribution in [3.05, 3.63) is 82.1 Å². The minimum absolute atomic E-state index is 0.0203. The molecule has 3 aromatic rings. The molecule has 0 N–H and O–H groups in total. The molecule has 0 aliphatic carbocycles. The Bertz CT molecular complexity index is 910. The molecule has 1 amide bonds. The summed E-state index contributed by atoms with van der Waals surface area (Å²) in [6, 6.07) is 14.3. The first kappa shape index (κ1) is 15.8. The minimum atomic E-state index is -0.0562. The third kappa shape index (κ3) is 3.15. The summed E-state index contributed by atoms with van der Waals surface area (Å²) in [4.78, 5) is 19.2. The van der Waals surface area contributed by atoms with Crippen LogP contribution in [0, 0.1) is 6.92 Å². The van der Waals surface area contributed by atoms with E-state index in [0.29, 0.717) is 6.54 Å². The highest BCUT2D eigenvalue weighted by Gasteiger charge is 2.30. The number of hydrogen-bond donors (Lipinski definition) is 0. The molecule has 25 heavy (non-hydrogen) atoms. The Labute approximate surface area is 151 Å². The molecule has 4 rings (SSSR count). The Morgan fingerprint density at radius 1 is 1.20 bits per heavy atom. The summed E-state index contributed by atoms with van der Waals surface area (Å²) in [6.07, 6.45) is 5.53. The lowest BCUT2D eigenvalue weighted by Gasteiger charge is -2.36. The lowest BCUT2D eigenvalue weighted by molar-refractivity contribution is -0.128. The van der Waals surface area contributed by atoms with Gasteiger partial charge in [-0.2, -0.15) is 0 Å². The van der Waals surface area contributed by atoms with Crippen molar-refractivity contribution in [3.8, 4) is 0 Å². The zero-order chi connectivity index (χ0) is 17.2. The number of nitrogens with zero attached hydrogens (tertiary/aromatic N) is 3. The molecule has 1 aliphatic heterocycles. The molecule has 1 unspecified atom stereocenters. The molecule has 126 valence electrons. The van der Waals surface area contributed by atoms with Gasteiger partial charge in [0.15, 0.2) is 0 Å². The van der Waals surface area contributed by atoms with Crippen LogP contribution in [0.3, 0.4) is 0 Å². The van der Waals surface area contributed by atoms with Gasteiger partial charge in [0.1, 0.15) is 0 Å². The molecule has 2 aromatic heterocycles. The zero-order valence-electron chi connectivity index (χ0n) is 14.0. The highest BCUT2D eigenvalue weighted by atomic mass is 32.1. The van der Waals surface area contributed by atoms with E-state index in [0.717, 1.165) is 28.5 Å². The summed E-state index contributed by atoms with van der Waals surface area (Å²) in [5, 5.41) is 2.97. The van der Waals surface area contributed by atoms with Crippen molar-refractivity contribution >= 4 is 23.3 Å². The van der Waals surface area contributed by atoms with Crippen LogP contribution in [0.15, 0.2) is 60.1 Å². The zero-order valence-corrected chi connectivity index (χ0v) is 14.8. The highest BCUT2D eigenvalue weighted by molar-refractivity contribution is 7.09. The van der Waals surface area contributed by atoms with Crippen LogP contribution < -0.4 is 0 Å². The Morgan fingerprint density at radius 2 is 2.04 bits per heavy atom. The van der Waals surface area contributed by atoms with Gasteiger partial charge in [-0.15, -0.1) is 11.3 Å². The van der Waals surface area contributed by atoms with Gasteiger partial charge in [0.2, 0.25) is 5.91 Å². The molecule has 1 aromatic carbocycles. The van der Waals surface area contributed by atoms with Gasteiger partial charge in [-0.1, -0.05) is 30.3 Å². The molecule has 3 heterocycles. The van der Waals surface area contributed by atoms with Gasteiger partial charge < -0.3 is 9.47 Å². The van der Waals surface area contributed by atoms with Crippen LogP contribution in [-0.4, -0.2) is 26.9 Å². The highest BCUT2D eigenvalue weighted by Crippen LogP contribution is 2.32. The first-order chi connectivity index (χ1) is 12.2. The molecule has 0 radical (unpaired) electrons. The van der Waals surface area contributed by atoms with E-state index >= 15 is 0 Å². The summed E-state index contributed by atoms with van der Waals surface area (Å²) in [5.74, 6) is 0.0203. The first-order valence-electron chi connectivity index (χ1n) is 8.33. The summed E-state index contributed by atoms with van der Waals surface area (Å²) < 4.78 is 2.23. The average molecular weight is 349 g/mol. The summed E-state index contributed by atoms with van der Waals surface area (Å²) in [5.41, 5.74) is 3.13. The van der Waals surface area contributed by atoms with Crippen LogP contribution >= 0.6 is 11.3 Å². The SMILES string of the molecule is Cc1nc(/C=C/C(=O)N2CCn3cccc3C2c2ccccc2)cs1. The molecule has 5 heteroatoms. The standard InChI is InChI=1S/C20H19N3OS/c1-15-21-17(14-25-15)9-10-19(24)23-13-12-22-11-5-8-18(22)20(23)16-6-3-2-4-7-16/h2-11,14,20H,12-13H2,1H3/b10-9+. The number of thiazole rings is 1. The van der Waals surface area contributed by atoms with Gasteiger partial charge in [0.25, 0.3) is 0 Å².